The third-order valence-electron chi connectivity index (χ3n) is 6.27. The lowest BCUT2D eigenvalue weighted by Crippen LogP contribution is -2.64. The van der Waals surface area contributed by atoms with E-state index in [0.717, 1.165) is 27.9 Å². The molecule has 0 bridgehead atoms. The van der Waals surface area contributed by atoms with Gasteiger partial charge in [0.15, 0.2) is 0 Å². The van der Waals surface area contributed by atoms with Gasteiger partial charge >= 0.3 is 0 Å². The number of thiophene rings is 1. The Bertz CT molecular complexity index is 1290. The maximum absolute atomic E-state index is 13.8. The second-order valence-corrected chi connectivity index (χ2v) is 9.29. The minimum absolute atomic E-state index is 0.152. The van der Waals surface area contributed by atoms with E-state index in [1.807, 2.05) is 83.6 Å². The van der Waals surface area contributed by atoms with Crippen molar-refractivity contribution in [2.24, 2.45) is 0 Å². The Hall–Kier alpha value is -3.38. The molecule has 0 spiro atoms. The Labute approximate surface area is 191 Å². The minimum Gasteiger partial charge on any atom is -0.350 e. The molecule has 3 heterocycles. The molecule has 1 N–H and O–H groups in total. The molecule has 2 amide bonds. The van der Waals surface area contributed by atoms with Crippen molar-refractivity contribution in [1.29, 1.82) is 0 Å². The van der Waals surface area contributed by atoms with Crippen LogP contribution in [0.5, 0.6) is 0 Å². The van der Waals surface area contributed by atoms with Crippen LogP contribution in [0.25, 0.3) is 10.2 Å². The van der Waals surface area contributed by atoms with Gasteiger partial charge in [0.2, 0.25) is 5.91 Å². The summed E-state index contributed by atoms with van der Waals surface area (Å²) < 4.78 is 2.00. The summed E-state index contributed by atoms with van der Waals surface area (Å²) in [5.74, 6) is -0.320. The van der Waals surface area contributed by atoms with E-state index in [1.54, 1.807) is 16.2 Å². The molecule has 0 saturated carbocycles. The molecule has 0 unspecified atom stereocenters. The smallest absolute Gasteiger partial charge is 0.275 e. The topological polar surface area (TPSA) is 54.3 Å². The van der Waals surface area contributed by atoms with E-state index >= 15 is 0 Å². The molecule has 4 aromatic rings. The van der Waals surface area contributed by atoms with Crippen LogP contribution >= 0.6 is 11.3 Å². The van der Waals surface area contributed by atoms with Crippen molar-refractivity contribution >= 4 is 39.1 Å². The molecule has 1 aliphatic rings. The number of aryl methyl sites for hydroxylation is 1. The average Bonchev–Trinajstić information content (AvgIpc) is 3.41. The second-order valence-electron chi connectivity index (χ2n) is 8.40. The average molecular weight is 444 g/mol. The molecule has 1 atom stereocenters. The van der Waals surface area contributed by atoms with Crippen LogP contribution in [0.2, 0.25) is 0 Å². The van der Waals surface area contributed by atoms with Crippen molar-refractivity contribution in [3.63, 3.8) is 0 Å². The van der Waals surface area contributed by atoms with Gasteiger partial charge < -0.3 is 9.88 Å². The number of hydrogen-bond donors (Lipinski definition) is 1. The van der Waals surface area contributed by atoms with E-state index in [0.29, 0.717) is 18.8 Å². The lowest BCUT2D eigenvalue weighted by atomic mass is 9.93. The van der Waals surface area contributed by atoms with E-state index in [2.05, 4.69) is 12.2 Å². The molecule has 6 heteroatoms. The van der Waals surface area contributed by atoms with E-state index < -0.39 is 5.54 Å². The summed E-state index contributed by atoms with van der Waals surface area (Å²) in [5.41, 5.74) is 2.51. The zero-order chi connectivity index (χ0) is 22.3. The summed E-state index contributed by atoms with van der Waals surface area (Å²) in [4.78, 5) is 30.1. The number of carbonyl (C=O) groups is 2. The summed E-state index contributed by atoms with van der Waals surface area (Å²) >= 11 is 1.60. The predicted molar refractivity (Wildman–Crippen MR) is 129 cm³/mol. The first-order valence-electron chi connectivity index (χ1n) is 10.8. The monoisotopic (exact) mass is 443 g/mol. The van der Waals surface area contributed by atoms with Gasteiger partial charge in [0.1, 0.15) is 16.1 Å². The molecule has 0 saturated heterocycles. The number of amides is 2. The van der Waals surface area contributed by atoms with Gasteiger partial charge in [0.05, 0.1) is 6.54 Å². The fourth-order valence-corrected chi connectivity index (χ4v) is 5.35. The van der Waals surface area contributed by atoms with Gasteiger partial charge in [0, 0.05) is 17.6 Å². The van der Waals surface area contributed by atoms with Crippen LogP contribution in [0.4, 0.5) is 5.69 Å². The van der Waals surface area contributed by atoms with E-state index in [4.69, 9.17) is 0 Å². The first-order chi connectivity index (χ1) is 15.5. The molecule has 1 aliphatic heterocycles. The van der Waals surface area contributed by atoms with Crippen molar-refractivity contribution in [2.75, 3.05) is 4.90 Å². The number of rotatable bonds is 5. The largest absolute Gasteiger partial charge is 0.350 e. The van der Waals surface area contributed by atoms with Crippen LogP contribution in [0.1, 0.15) is 35.5 Å². The number of benzene rings is 2. The maximum Gasteiger partial charge on any atom is 0.275 e. The standard InChI is InChI=1S/C26H25N3O2S/c1-3-18-9-11-21(12-10-18)29-23(30)22-15-20-13-14-32-24(20)28(22)17-26(29,2)25(31)27-16-19-7-5-4-6-8-19/h4-15H,3,16-17H2,1-2H3,(H,27,31)/t26-/m0/s1. The maximum atomic E-state index is 13.8. The van der Waals surface area contributed by atoms with Crippen LogP contribution in [0.15, 0.2) is 72.1 Å². The quantitative estimate of drug-likeness (QED) is 0.472. The van der Waals surface area contributed by atoms with Gasteiger partial charge in [-0.1, -0.05) is 49.4 Å². The van der Waals surface area contributed by atoms with Crippen molar-refractivity contribution in [1.82, 2.24) is 9.88 Å². The molecule has 5 nitrogen and oxygen atoms in total. The third-order valence-corrected chi connectivity index (χ3v) is 7.22. The first kappa shape index (κ1) is 20.5. The summed E-state index contributed by atoms with van der Waals surface area (Å²) in [7, 11) is 0. The molecule has 32 heavy (non-hydrogen) atoms. The molecular weight excluding hydrogens is 418 g/mol. The van der Waals surface area contributed by atoms with Crippen LogP contribution in [-0.4, -0.2) is 21.9 Å². The van der Waals surface area contributed by atoms with Crippen molar-refractivity contribution in [3.8, 4) is 0 Å². The van der Waals surface area contributed by atoms with Gasteiger partial charge in [-0.15, -0.1) is 11.3 Å². The fraction of sp³-hybridized carbons (Fsp3) is 0.231. The van der Waals surface area contributed by atoms with Crippen molar-refractivity contribution in [3.05, 3.63) is 88.9 Å². The molecule has 0 aliphatic carbocycles. The number of nitrogens with zero attached hydrogens (tertiary/aromatic N) is 2. The predicted octanol–water partition coefficient (Wildman–Crippen LogP) is 5.00. The molecule has 2 aromatic heterocycles. The molecule has 2 aromatic carbocycles. The summed E-state index contributed by atoms with van der Waals surface area (Å²) in [6, 6.07) is 21.7. The number of fused-ring (bicyclic) bond motifs is 3. The van der Waals surface area contributed by atoms with Gasteiger partial charge in [-0.2, -0.15) is 0 Å². The lowest BCUT2D eigenvalue weighted by Gasteiger charge is -2.44. The number of hydrogen-bond acceptors (Lipinski definition) is 3. The number of anilines is 1. The molecule has 0 radical (unpaired) electrons. The van der Waals surface area contributed by atoms with Gasteiger partial charge in [-0.3, -0.25) is 14.5 Å². The highest BCUT2D eigenvalue weighted by molar-refractivity contribution is 7.16. The molecule has 5 rings (SSSR count). The van der Waals surface area contributed by atoms with Crippen molar-refractivity contribution < 1.29 is 9.59 Å². The van der Waals surface area contributed by atoms with Gasteiger partial charge in [-0.25, -0.2) is 0 Å². The highest BCUT2D eigenvalue weighted by Gasteiger charge is 2.48. The first-order valence-corrected chi connectivity index (χ1v) is 11.7. The van der Waals surface area contributed by atoms with Crippen LogP contribution in [0, 0.1) is 0 Å². The Morgan fingerprint density at radius 3 is 2.53 bits per heavy atom. The Kier molecular flexibility index (Phi) is 5.10. The molecular formula is C26H25N3O2S. The Balaban J connectivity index is 1.56. The lowest BCUT2D eigenvalue weighted by molar-refractivity contribution is -0.126. The van der Waals surface area contributed by atoms with E-state index in [9.17, 15) is 9.59 Å². The van der Waals surface area contributed by atoms with Crippen LogP contribution in [0.3, 0.4) is 0 Å². The number of nitrogens with one attached hydrogen (secondary N) is 1. The summed E-state index contributed by atoms with van der Waals surface area (Å²) in [6.07, 6.45) is 0.919. The zero-order valence-corrected chi connectivity index (χ0v) is 19.0. The van der Waals surface area contributed by atoms with E-state index in [-0.39, 0.29) is 11.8 Å². The highest BCUT2D eigenvalue weighted by Crippen LogP contribution is 2.37. The molecule has 0 fully saturated rings. The second kappa shape index (κ2) is 7.95. The van der Waals surface area contributed by atoms with E-state index in [1.165, 1.54) is 5.56 Å². The van der Waals surface area contributed by atoms with Gasteiger partial charge in [-0.05, 0) is 54.1 Å². The van der Waals surface area contributed by atoms with Gasteiger partial charge in [0.25, 0.3) is 5.91 Å². The minimum atomic E-state index is -1.07. The Morgan fingerprint density at radius 2 is 1.81 bits per heavy atom. The SMILES string of the molecule is CCc1ccc(N2C(=O)c3cc4ccsc4n3C[C@@]2(C)C(=O)NCc2ccccc2)cc1. The highest BCUT2D eigenvalue weighted by atomic mass is 32.1. The number of carbonyl (C=O) groups excluding carboxylic acids is 2. The third kappa shape index (κ3) is 3.31. The van der Waals surface area contributed by atoms with Crippen LogP contribution in [-0.2, 0) is 24.3 Å². The van der Waals surface area contributed by atoms with Crippen LogP contribution < -0.4 is 10.2 Å². The fourth-order valence-electron chi connectivity index (χ4n) is 4.45. The number of aromatic nitrogens is 1. The zero-order valence-electron chi connectivity index (χ0n) is 18.2. The normalized spacial score (nSPS) is 18.1. The summed E-state index contributed by atoms with van der Waals surface area (Å²) in [6.45, 7) is 4.77. The Morgan fingerprint density at radius 1 is 1.06 bits per heavy atom. The van der Waals surface area contributed by atoms with Crippen molar-refractivity contribution in [2.45, 2.75) is 38.9 Å². The summed E-state index contributed by atoms with van der Waals surface area (Å²) in [5, 5.41) is 6.13. The molecule has 162 valence electrons.